The average molecular weight is 485 g/mol. The number of fused-ring (bicyclic) bond motifs is 2. The zero-order valence-electron chi connectivity index (χ0n) is 20.1. The number of thiophene rings is 1. The highest BCUT2D eigenvalue weighted by atomic mass is 32.1. The lowest BCUT2D eigenvalue weighted by Crippen LogP contribution is -2.46. The van der Waals surface area contributed by atoms with Gasteiger partial charge in [0.1, 0.15) is 26.9 Å². The number of hydrogen-bond donors (Lipinski definition) is 1. The number of nitriles is 1. The van der Waals surface area contributed by atoms with Crippen LogP contribution in [-0.2, 0) is 0 Å². The number of methoxy groups -OCH3 is 1. The third-order valence-corrected chi connectivity index (χ3v) is 8.94. The molecule has 1 atom stereocenters. The fraction of sp³-hybridized carbons (Fsp3) is 0.520. The average Bonchev–Trinajstić information content (AvgIpc) is 3.40. The number of ether oxygens (including phenoxy) is 1. The minimum Gasteiger partial charge on any atom is -0.505 e. The molecule has 1 aromatic carbocycles. The number of aromatic nitrogens is 1. The largest absolute Gasteiger partial charge is 0.505 e. The van der Waals surface area contributed by atoms with Gasteiger partial charge in [-0.1, -0.05) is 0 Å². The predicted octanol–water partition coefficient (Wildman–Crippen LogP) is 4.44. The van der Waals surface area contributed by atoms with Crippen molar-refractivity contribution < 1.29 is 14.2 Å². The van der Waals surface area contributed by atoms with Gasteiger partial charge in [-0.05, 0) is 59.2 Å². The lowest BCUT2D eigenvalue weighted by atomic mass is 9.86. The van der Waals surface area contributed by atoms with Crippen molar-refractivity contribution in [3.8, 4) is 17.6 Å². The van der Waals surface area contributed by atoms with Crippen molar-refractivity contribution in [2.75, 3.05) is 39.2 Å². The first-order valence-corrected chi connectivity index (χ1v) is 12.4. The SMILES string of the molecule is COc1c(N2CC[C@@H](C(C)(C)N(C)C)C2)c(F)cc2c(=O)c3c(O)c(C#N)sc3n(C3CC3)c12. The van der Waals surface area contributed by atoms with E-state index in [4.69, 9.17) is 4.74 Å². The maximum Gasteiger partial charge on any atom is 0.202 e. The normalized spacial score (nSPS) is 18.9. The molecule has 7 nitrogen and oxygen atoms in total. The van der Waals surface area contributed by atoms with Crippen molar-refractivity contribution in [3.63, 3.8) is 0 Å². The molecule has 3 aromatic rings. The van der Waals surface area contributed by atoms with E-state index in [1.54, 1.807) is 0 Å². The molecule has 0 radical (unpaired) electrons. The Balaban J connectivity index is 1.77. The summed E-state index contributed by atoms with van der Waals surface area (Å²) < 4.78 is 23.5. The van der Waals surface area contributed by atoms with E-state index in [9.17, 15) is 15.2 Å². The van der Waals surface area contributed by atoms with Gasteiger partial charge in [-0.15, -0.1) is 11.3 Å². The number of aromatic hydroxyl groups is 1. The third kappa shape index (κ3) is 3.19. The molecular weight excluding hydrogens is 455 g/mol. The summed E-state index contributed by atoms with van der Waals surface area (Å²) in [4.78, 5) is 18.3. The van der Waals surface area contributed by atoms with Gasteiger partial charge in [0.25, 0.3) is 0 Å². The monoisotopic (exact) mass is 484 g/mol. The Hall–Kier alpha value is -2.83. The van der Waals surface area contributed by atoms with E-state index in [2.05, 4.69) is 32.8 Å². The molecule has 5 rings (SSSR count). The molecule has 1 saturated carbocycles. The molecule has 1 aliphatic carbocycles. The first-order valence-electron chi connectivity index (χ1n) is 11.5. The predicted molar refractivity (Wildman–Crippen MR) is 133 cm³/mol. The van der Waals surface area contributed by atoms with Crippen LogP contribution in [0.5, 0.6) is 11.5 Å². The zero-order valence-corrected chi connectivity index (χ0v) is 20.9. The van der Waals surface area contributed by atoms with Gasteiger partial charge in [0.05, 0.1) is 18.0 Å². The van der Waals surface area contributed by atoms with Crippen LogP contribution >= 0.6 is 11.3 Å². The maximum absolute atomic E-state index is 15.7. The van der Waals surface area contributed by atoms with Crippen LogP contribution in [0.25, 0.3) is 21.1 Å². The van der Waals surface area contributed by atoms with E-state index in [1.807, 2.05) is 15.5 Å². The highest BCUT2D eigenvalue weighted by Gasteiger charge is 2.39. The second-order valence-electron chi connectivity index (χ2n) is 10.1. The highest BCUT2D eigenvalue weighted by molar-refractivity contribution is 7.19. The lowest BCUT2D eigenvalue weighted by molar-refractivity contribution is 0.127. The van der Waals surface area contributed by atoms with Gasteiger partial charge in [-0.2, -0.15) is 5.26 Å². The van der Waals surface area contributed by atoms with Gasteiger partial charge < -0.3 is 24.2 Å². The summed E-state index contributed by atoms with van der Waals surface area (Å²) in [6, 6.07) is 3.37. The van der Waals surface area contributed by atoms with Gasteiger partial charge in [0.15, 0.2) is 17.3 Å². The Kier molecular flexibility index (Phi) is 5.30. The molecule has 2 aliphatic rings. The van der Waals surface area contributed by atoms with Crippen LogP contribution in [-0.4, -0.2) is 54.4 Å². The standard InChI is InChI=1S/C25H29FN4O3S/c1-25(2,28(3)4)13-8-9-29(12-13)20-16(26)10-15-19(23(20)33-5)30(14-6-7-14)24-18(21(15)31)22(32)17(11-27)34-24/h10,13-14,32H,6-9,12H2,1-5H3/t13-/m1/s1. The molecular formula is C25H29FN4O3S. The van der Waals surface area contributed by atoms with Crippen molar-refractivity contribution in [2.45, 2.75) is 44.7 Å². The summed E-state index contributed by atoms with van der Waals surface area (Å²) >= 11 is 1.10. The van der Waals surface area contributed by atoms with Gasteiger partial charge in [0.2, 0.25) is 5.43 Å². The Morgan fingerprint density at radius 2 is 2.03 bits per heavy atom. The summed E-state index contributed by atoms with van der Waals surface area (Å²) in [6.07, 6.45) is 2.74. The topological polar surface area (TPSA) is 81.7 Å². The quantitative estimate of drug-likeness (QED) is 0.577. The first kappa shape index (κ1) is 22.9. The number of anilines is 1. The Morgan fingerprint density at radius 1 is 1.32 bits per heavy atom. The van der Waals surface area contributed by atoms with Crippen molar-refractivity contribution in [1.29, 1.82) is 5.26 Å². The molecule has 0 amide bonds. The van der Waals surface area contributed by atoms with Crippen molar-refractivity contribution in [2.24, 2.45) is 5.92 Å². The third-order valence-electron chi connectivity index (χ3n) is 7.85. The van der Waals surface area contributed by atoms with E-state index < -0.39 is 11.2 Å². The second kappa shape index (κ2) is 7.85. The summed E-state index contributed by atoms with van der Waals surface area (Å²) in [5, 5.41) is 20.3. The van der Waals surface area contributed by atoms with Crippen LogP contribution in [0.4, 0.5) is 10.1 Å². The lowest BCUT2D eigenvalue weighted by Gasteiger charge is -2.38. The van der Waals surface area contributed by atoms with Crippen LogP contribution in [0.1, 0.15) is 44.0 Å². The summed E-state index contributed by atoms with van der Waals surface area (Å²) in [5.74, 6) is -0.152. The molecule has 0 unspecified atom stereocenters. The minimum absolute atomic E-state index is 0.0558. The van der Waals surface area contributed by atoms with Crippen LogP contribution in [0.15, 0.2) is 10.9 Å². The van der Waals surface area contributed by atoms with Gasteiger partial charge in [-0.3, -0.25) is 4.79 Å². The molecule has 180 valence electrons. The number of halogens is 1. The molecule has 2 aromatic heterocycles. The maximum atomic E-state index is 15.7. The molecule has 34 heavy (non-hydrogen) atoms. The van der Waals surface area contributed by atoms with Gasteiger partial charge in [-0.25, -0.2) is 4.39 Å². The summed E-state index contributed by atoms with van der Waals surface area (Å²) in [6.45, 7) is 5.77. The van der Waals surface area contributed by atoms with Crippen LogP contribution in [0.3, 0.4) is 0 Å². The summed E-state index contributed by atoms with van der Waals surface area (Å²) in [5.41, 5.74) is 0.384. The van der Waals surface area contributed by atoms with E-state index >= 15 is 4.39 Å². The number of nitrogens with zero attached hydrogens (tertiary/aromatic N) is 4. The van der Waals surface area contributed by atoms with E-state index in [1.165, 1.54) is 13.2 Å². The first-order chi connectivity index (χ1) is 16.1. The Bertz CT molecular complexity index is 1410. The Labute approximate surface area is 201 Å². The van der Waals surface area contributed by atoms with Crippen LogP contribution in [0, 0.1) is 23.1 Å². The van der Waals surface area contributed by atoms with E-state index in [0.29, 0.717) is 40.8 Å². The number of benzene rings is 1. The van der Waals surface area contributed by atoms with Crippen LogP contribution in [0.2, 0.25) is 0 Å². The number of rotatable bonds is 5. The van der Waals surface area contributed by atoms with Crippen molar-refractivity contribution in [3.05, 3.63) is 27.0 Å². The zero-order chi connectivity index (χ0) is 24.5. The van der Waals surface area contributed by atoms with Crippen molar-refractivity contribution >= 4 is 38.1 Å². The van der Waals surface area contributed by atoms with Gasteiger partial charge in [0, 0.05) is 24.7 Å². The van der Waals surface area contributed by atoms with Crippen molar-refractivity contribution in [1.82, 2.24) is 9.47 Å². The van der Waals surface area contributed by atoms with E-state index in [0.717, 1.165) is 30.6 Å². The number of hydrogen-bond acceptors (Lipinski definition) is 7. The van der Waals surface area contributed by atoms with E-state index in [-0.39, 0.29) is 33.0 Å². The fourth-order valence-corrected chi connectivity index (χ4v) is 6.26. The smallest absolute Gasteiger partial charge is 0.202 e. The van der Waals surface area contributed by atoms with Gasteiger partial charge >= 0.3 is 0 Å². The minimum atomic E-state index is -0.512. The molecule has 9 heteroatoms. The van der Waals surface area contributed by atoms with Crippen LogP contribution < -0.4 is 15.1 Å². The molecule has 2 fully saturated rings. The Morgan fingerprint density at radius 3 is 2.62 bits per heavy atom. The number of pyridine rings is 1. The second-order valence-corrected chi connectivity index (χ2v) is 11.1. The molecule has 1 N–H and O–H groups in total. The molecule has 1 aliphatic heterocycles. The molecule has 3 heterocycles. The molecule has 0 bridgehead atoms. The fourth-order valence-electron chi connectivity index (χ4n) is 5.19. The highest BCUT2D eigenvalue weighted by Crippen LogP contribution is 2.49. The summed E-state index contributed by atoms with van der Waals surface area (Å²) in [7, 11) is 5.63. The molecule has 1 saturated heterocycles. The molecule has 0 spiro atoms.